The maximum Gasteiger partial charge on any atom is 0.317 e. The lowest BCUT2D eigenvalue weighted by molar-refractivity contribution is 0.0686. The Balaban J connectivity index is 1.24. The highest BCUT2D eigenvalue weighted by molar-refractivity contribution is 5.75. The molecular weight excluding hydrogens is 338 g/mol. The fraction of sp³-hybridized carbons (Fsp3) is 0.455. The van der Waals surface area contributed by atoms with Crippen molar-refractivity contribution >= 4 is 6.03 Å². The lowest BCUT2D eigenvalue weighted by atomic mass is 10.00. The molecular formula is C22H27N3O2. The molecule has 2 fully saturated rings. The van der Waals surface area contributed by atoms with Gasteiger partial charge in [-0.15, -0.1) is 0 Å². The topological polar surface area (TPSA) is 54.5 Å². The highest BCUT2D eigenvalue weighted by Gasteiger charge is 2.44. The summed E-state index contributed by atoms with van der Waals surface area (Å²) in [5, 5.41) is 3.12. The number of carbonyl (C=O) groups excluding carboxylic acids is 1. The van der Waals surface area contributed by atoms with Gasteiger partial charge in [0.15, 0.2) is 0 Å². The molecule has 2 aromatic rings. The Labute approximate surface area is 160 Å². The molecule has 1 aromatic heterocycles. The van der Waals surface area contributed by atoms with E-state index < -0.39 is 0 Å². The number of carbonyl (C=O) groups is 1. The summed E-state index contributed by atoms with van der Waals surface area (Å²) in [6.45, 7) is 0.722. The summed E-state index contributed by atoms with van der Waals surface area (Å²) in [7, 11) is 0. The lowest BCUT2D eigenvalue weighted by Crippen LogP contribution is -2.53. The third-order valence-electron chi connectivity index (χ3n) is 5.62. The van der Waals surface area contributed by atoms with E-state index in [2.05, 4.69) is 39.5 Å². The summed E-state index contributed by atoms with van der Waals surface area (Å²) in [5.74, 6) is 0.820. The fourth-order valence-electron chi connectivity index (χ4n) is 4.39. The average molecular weight is 365 g/mol. The second kappa shape index (κ2) is 8.42. The summed E-state index contributed by atoms with van der Waals surface area (Å²) >= 11 is 0. The number of aromatic nitrogens is 1. The number of urea groups is 1. The van der Waals surface area contributed by atoms with Crippen molar-refractivity contribution in [3.8, 4) is 5.75 Å². The third-order valence-corrected chi connectivity index (χ3v) is 5.62. The van der Waals surface area contributed by atoms with Crippen LogP contribution < -0.4 is 10.1 Å². The van der Waals surface area contributed by atoms with Crippen LogP contribution in [-0.2, 0) is 6.42 Å². The number of pyridine rings is 1. The van der Waals surface area contributed by atoms with Crippen LogP contribution in [0.2, 0.25) is 0 Å². The predicted molar refractivity (Wildman–Crippen MR) is 105 cm³/mol. The smallest absolute Gasteiger partial charge is 0.317 e. The highest BCUT2D eigenvalue weighted by Crippen LogP contribution is 2.37. The Hall–Kier alpha value is -2.56. The Morgan fingerprint density at radius 3 is 2.59 bits per heavy atom. The molecule has 0 spiro atoms. The number of ether oxygens (including phenoxy) is 1. The minimum absolute atomic E-state index is 0.0930. The molecule has 2 aliphatic heterocycles. The maximum absolute atomic E-state index is 12.7. The van der Waals surface area contributed by atoms with Crippen molar-refractivity contribution in [2.24, 2.45) is 0 Å². The van der Waals surface area contributed by atoms with Crippen LogP contribution in [0, 0.1) is 0 Å². The monoisotopic (exact) mass is 365 g/mol. The SMILES string of the molecule is O=C(NCCCc1ccccc1)N1C2CCC1CC(Oc1cccnc1)C2. The molecule has 142 valence electrons. The first kappa shape index (κ1) is 17.8. The number of hydrogen-bond donors (Lipinski definition) is 1. The molecule has 2 saturated heterocycles. The van der Waals surface area contributed by atoms with E-state index >= 15 is 0 Å². The molecule has 0 saturated carbocycles. The molecule has 3 heterocycles. The summed E-state index contributed by atoms with van der Waals surface area (Å²) < 4.78 is 6.09. The number of hydrogen-bond acceptors (Lipinski definition) is 3. The van der Waals surface area contributed by atoms with Gasteiger partial charge < -0.3 is 15.0 Å². The van der Waals surface area contributed by atoms with E-state index in [-0.39, 0.29) is 12.1 Å². The van der Waals surface area contributed by atoms with Gasteiger partial charge in [0.05, 0.1) is 6.20 Å². The summed E-state index contributed by atoms with van der Waals surface area (Å²) in [6.07, 6.45) is 9.61. The molecule has 2 aliphatic rings. The van der Waals surface area contributed by atoms with Crippen molar-refractivity contribution < 1.29 is 9.53 Å². The molecule has 5 heteroatoms. The van der Waals surface area contributed by atoms with Crippen LogP contribution in [0.4, 0.5) is 4.79 Å². The molecule has 27 heavy (non-hydrogen) atoms. The van der Waals surface area contributed by atoms with Gasteiger partial charge in [-0.3, -0.25) is 4.98 Å². The third kappa shape index (κ3) is 4.41. The fourth-order valence-corrected chi connectivity index (χ4v) is 4.39. The van der Waals surface area contributed by atoms with Crippen LogP contribution in [0.5, 0.6) is 5.75 Å². The second-order valence-electron chi connectivity index (χ2n) is 7.51. The first-order chi connectivity index (χ1) is 13.3. The Morgan fingerprint density at radius 2 is 1.89 bits per heavy atom. The van der Waals surface area contributed by atoms with Gasteiger partial charge in [0.2, 0.25) is 0 Å². The van der Waals surface area contributed by atoms with Crippen molar-refractivity contribution in [3.05, 3.63) is 60.4 Å². The number of rotatable bonds is 6. The molecule has 4 rings (SSSR count). The molecule has 1 aromatic carbocycles. The van der Waals surface area contributed by atoms with Gasteiger partial charge in [-0.1, -0.05) is 30.3 Å². The molecule has 0 radical (unpaired) electrons. The first-order valence-corrected chi connectivity index (χ1v) is 9.96. The van der Waals surface area contributed by atoms with Gasteiger partial charge in [-0.05, 0) is 43.4 Å². The van der Waals surface area contributed by atoms with Gasteiger partial charge in [-0.2, -0.15) is 0 Å². The van der Waals surface area contributed by atoms with E-state index in [4.69, 9.17) is 4.74 Å². The van der Waals surface area contributed by atoms with Crippen LogP contribution in [0.25, 0.3) is 0 Å². The van der Waals surface area contributed by atoms with Crippen LogP contribution in [-0.4, -0.2) is 40.6 Å². The molecule has 2 atom stereocenters. The normalized spacial score (nSPS) is 23.9. The van der Waals surface area contributed by atoms with E-state index in [0.717, 1.165) is 50.8 Å². The second-order valence-corrected chi connectivity index (χ2v) is 7.51. The van der Waals surface area contributed by atoms with Gasteiger partial charge in [0, 0.05) is 37.7 Å². The highest BCUT2D eigenvalue weighted by atomic mass is 16.5. The molecule has 5 nitrogen and oxygen atoms in total. The zero-order valence-electron chi connectivity index (χ0n) is 15.6. The Bertz CT molecular complexity index is 724. The van der Waals surface area contributed by atoms with E-state index in [1.807, 2.05) is 18.2 Å². The van der Waals surface area contributed by atoms with Crippen LogP contribution in [0.1, 0.15) is 37.7 Å². The van der Waals surface area contributed by atoms with Crippen LogP contribution >= 0.6 is 0 Å². The Kier molecular flexibility index (Phi) is 5.56. The van der Waals surface area contributed by atoms with Gasteiger partial charge in [0.1, 0.15) is 11.9 Å². The van der Waals surface area contributed by atoms with Gasteiger partial charge >= 0.3 is 6.03 Å². The molecule has 2 amide bonds. The largest absolute Gasteiger partial charge is 0.489 e. The first-order valence-electron chi connectivity index (χ1n) is 9.96. The number of aryl methyl sites for hydroxylation is 1. The van der Waals surface area contributed by atoms with Crippen LogP contribution in [0.3, 0.4) is 0 Å². The zero-order chi connectivity index (χ0) is 18.5. The van der Waals surface area contributed by atoms with E-state index in [1.54, 1.807) is 12.4 Å². The van der Waals surface area contributed by atoms with Gasteiger partial charge in [0.25, 0.3) is 0 Å². The predicted octanol–water partition coefficient (Wildman–Crippen LogP) is 3.80. The van der Waals surface area contributed by atoms with Crippen molar-refractivity contribution in [2.75, 3.05) is 6.54 Å². The van der Waals surface area contributed by atoms with Crippen molar-refractivity contribution in [2.45, 2.75) is 56.7 Å². The quantitative estimate of drug-likeness (QED) is 0.792. The van der Waals surface area contributed by atoms with Gasteiger partial charge in [-0.25, -0.2) is 4.79 Å². The molecule has 1 N–H and O–H groups in total. The minimum Gasteiger partial charge on any atom is -0.489 e. The standard InChI is InChI=1S/C22H27N3O2/c26-22(24-13-4-8-17-6-2-1-3-7-17)25-18-10-11-19(25)15-21(14-18)27-20-9-5-12-23-16-20/h1-3,5-7,9,12,16,18-19,21H,4,8,10-11,13-15H2,(H,24,26). The van der Waals surface area contributed by atoms with E-state index in [1.165, 1.54) is 5.56 Å². The number of nitrogens with one attached hydrogen (secondary N) is 1. The van der Waals surface area contributed by atoms with Crippen molar-refractivity contribution in [3.63, 3.8) is 0 Å². The summed E-state index contributed by atoms with van der Waals surface area (Å²) in [4.78, 5) is 18.9. The summed E-state index contributed by atoms with van der Waals surface area (Å²) in [6, 6.07) is 14.9. The average Bonchev–Trinajstić information content (AvgIpc) is 2.97. The van der Waals surface area contributed by atoms with Crippen LogP contribution in [0.15, 0.2) is 54.9 Å². The van der Waals surface area contributed by atoms with E-state index in [0.29, 0.717) is 12.1 Å². The zero-order valence-corrected chi connectivity index (χ0v) is 15.6. The van der Waals surface area contributed by atoms with Crippen molar-refractivity contribution in [1.29, 1.82) is 0 Å². The number of nitrogens with zero attached hydrogens (tertiary/aromatic N) is 2. The summed E-state index contributed by atoms with van der Waals surface area (Å²) in [5.41, 5.74) is 1.32. The Morgan fingerprint density at radius 1 is 1.11 bits per heavy atom. The molecule has 0 aliphatic carbocycles. The minimum atomic E-state index is 0.0930. The lowest BCUT2D eigenvalue weighted by Gasteiger charge is -2.38. The number of benzene rings is 1. The molecule has 2 unspecified atom stereocenters. The van der Waals surface area contributed by atoms with E-state index in [9.17, 15) is 4.79 Å². The number of fused-ring (bicyclic) bond motifs is 2. The maximum atomic E-state index is 12.7. The van der Waals surface area contributed by atoms with Crippen molar-refractivity contribution in [1.82, 2.24) is 15.2 Å². The number of amides is 2. The number of piperidine rings is 1. The molecule has 2 bridgehead atoms.